The molecule has 0 aliphatic heterocycles. The average Bonchev–Trinajstić information content (AvgIpc) is 2.61. The number of carbonyl (C=O) groups excluding carboxylic acids is 2. The molecule has 0 aliphatic rings. The highest BCUT2D eigenvalue weighted by Gasteiger charge is 2.20. The number of rotatable bonds is 5. The molecule has 25 heavy (non-hydrogen) atoms. The van der Waals surface area contributed by atoms with Gasteiger partial charge in [0.2, 0.25) is 0 Å². The molecular weight excluding hydrogens is 344 g/mol. The van der Waals surface area contributed by atoms with Crippen LogP contribution in [0.25, 0.3) is 0 Å². The molecule has 128 valence electrons. The first-order valence-electron chi connectivity index (χ1n) is 7.30. The zero-order valence-electron chi connectivity index (χ0n) is 13.6. The SMILES string of the molecule is COc1ccc(Cl)cc1NC(=O)[C@@H](C)OC(=O)c1ccc(C#N)cc1. The number of nitriles is 1. The van der Waals surface area contributed by atoms with Crippen LogP contribution in [0.15, 0.2) is 42.5 Å². The molecule has 0 bridgehead atoms. The van der Waals surface area contributed by atoms with Gasteiger partial charge in [-0.15, -0.1) is 0 Å². The summed E-state index contributed by atoms with van der Waals surface area (Å²) in [5.41, 5.74) is 1.05. The molecule has 2 aromatic carbocycles. The summed E-state index contributed by atoms with van der Waals surface area (Å²) in [5, 5.41) is 11.8. The first-order valence-corrected chi connectivity index (χ1v) is 7.68. The maximum atomic E-state index is 12.2. The van der Waals surface area contributed by atoms with Crippen LogP contribution < -0.4 is 10.1 Å². The van der Waals surface area contributed by atoms with E-state index >= 15 is 0 Å². The molecule has 0 fully saturated rings. The third kappa shape index (κ3) is 4.72. The number of nitrogens with zero attached hydrogens (tertiary/aromatic N) is 1. The van der Waals surface area contributed by atoms with Gasteiger partial charge in [0.1, 0.15) is 5.75 Å². The molecule has 0 saturated heterocycles. The summed E-state index contributed by atoms with van der Waals surface area (Å²) in [7, 11) is 1.47. The second kappa shape index (κ2) is 8.18. The lowest BCUT2D eigenvalue weighted by Gasteiger charge is -2.15. The fraction of sp³-hybridized carbons (Fsp3) is 0.167. The lowest BCUT2D eigenvalue weighted by atomic mass is 10.1. The largest absolute Gasteiger partial charge is 0.495 e. The van der Waals surface area contributed by atoms with Crippen molar-refractivity contribution < 1.29 is 19.1 Å². The standard InChI is InChI=1S/C18H15ClN2O4/c1-11(25-18(23)13-5-3-12(10-20)4-6-13)17(22)21-15-9-14(19)7-8-16(15)24-2/h3-9,11H,1-2H3,(H,21,22)/t11-/m1/s1. The fourth-order valence-electron chi connectivity index (χ4n) is 1.98. The Bertz CT molecular complexity index is 828. The van der Waals surface area contributed by atoms with Crippen LogP contribution in [0.2, 0.25) is 5.02 Å². The van der Waals surface area contributed by atoms with Gasteiger partial charge >= 0.3 is 5.97 Å². The van der Waals surface area contributed by atoms with Crippen molar-refractivity contribution in [1.29, 1.82) is 5.26 Å². The molecule has 1 N–H and O–H groups in total. The molecule has 7 heteroatoms. The predicted octanol–water partition coefficient (Wildman–Crippen LogP) is 3.40. The molecule has 2 aromatic rings. The molecule has 2 rings (SSSR count). The highest BCUT2D eigenvalue weighted by molar-refractivity contribution is 6.31. The van der Waals surface area contributed by atoms with Crippen molar-refractivity contribution >= 4 is 29.2 Å². The van der Waals surface area contributed by atoms with Gasteiger partial charge < -0.3 is 14.8 Å². The van der Waals surface area contributed by atoms with Crippen LogP contribution in [0.3, 0.4) is 0 Å². The second-order valence-corrected chi connectivity index (χ2v) is 5.51. The van der Waals surface area contributed by atoms with Crippen molar-refractivity contribution in [3.63, 3.8) is 0 Å². The zero-order valence-corrected chi connectivity index (χ0v) is 14.3. The summed E-state index contributed by atoms with van der Waals surface area (Å²) in [6, 6.07) is 12.7. The molecule has 0 saturated carbocycles. The topological polar surface area (TPSA) is 88.4 Å². The van der Waals surface area contributed by atoms with E-state index in [1.807, 2.05) is 6.07 Å². The summed E-state index contributed by atoms with van der Waals surface area (Å²) in [4.78, 5) is 24.3. The van der Waals surface area contributed by atoms with E-state index in [9.17, 15) is 9.59 Å². The van der Waals surface area contributed by atoms with Crippen molar-refractivity contribution in [2.24, 2.45) is 0 Å². The van der Waals surface area contributed by atoms with E-state index in [0.717, 1.165) is 0 Å². The van der Waals surface area contributed by atoms with E-state index in [2.05, 4.69) is 5.32 Å². The number of methoxy groups -OCH3 is 1. The number of ether oxygens (including phenoxy) is 2. The molecule has 1 atom stereocenters. The van der Waals surface area contributed by atoms with E-state index in [4.69, 9.17) is 26.3 Å². The first-order chi connectivity index (χ1) is 11.9. The van der Waals surface area contributed by atoms with E-state index in [1.165, 1.54) is 44.4 Å². The van der Waals surface area contributed by atoms with Crippen LogP contribution in [0.4, 0.5) is 5.69 Å². The van der Waals surface area contributed by atoms with E-state index in [-0.39, 0.29) is 5.56 Å². The quantitative estimate of drug-likeness (QED) is 0.827. The molecule has 0 unspecified atom stereocenters. The summed E-state index contributed by atoms with van der Waals surface area (Å²) in [6.07, 6.45) is -1.04. The number of anilines is 1. The molecule has 0 spiro atoms. The fourth-order valence-corrected chi connectivity index (χ4v) is 2.15. The number of amides is 1. The molecule has 0 radical (unpaired) electrons. The monoisotopic (exact) mass is 358 g/mol. The minimum absolute atomic E-state index is 0.249. The highest BCUT2D eigenvalue weighted by atomic mass is 35.5. The number of hydrogen-bond donors (Lipinski definition) is 1. The molecule has 0 aromatic heterocycles. The van der Waals surface area contributed by atoms with Gasteiger partial charge in [0, 0.05) is 5.02 Å². The minimum Gasteiger partial charge on any atom is -0.495 e. The van der Waals surface area contributed by atoms with E-state index < -0.39 is 18.0 Å². The highest BCUT2D eigenvalue weighted by Crippen LogP contribution is 2.27. The van der Waals surface area contributed by atoms with Crippen molar-refractivity contribution in [2.45, 2.75) is 13.0 Å². The number of benzene rings is 2. The van der Waals surface area contributed by atoms with Gasteiger partial charge in [-0.25, -0.2) is 4.79 Å². The van der Waals surface area contributed by atoms with E-state index in [1.54, 1.807) is 12.1 Å². The second-order valence-electron chi connectivity index (χ2n) is 5.07. The molecule has 1 amide bonds. The van der Waals surface area contributed by atoms with Gasteiger partial charge in [0.15, 0.2) is 6.10 Å². The van der Waals surface area contributed by atoms with Gasteiger partial charge in [0.05, 0.1) is 30.0 Å². The summed E-state index contributed by atoms with van der Waals surface area (Å²) in [5.74, 6) is -0.754. The summed E-state index contributed by atoms with van der Waals surface area (Å²) in [6.45, 7) is 1.45. The van der Waals surface area contributed by atoms with Gasteiger partial charge in [-0.3, -0.25) is 4.79 Å². The molecular formula is C18H15ClN2O4. The van der Waals surface area contributed by atoms with Crippen molar-refractivity contribution in [3.8, 4) is 11.8 Å². The smallest absolute Gasteiger partial charge is 0.338 e. The number of hydrogen-bond acceptors (Lipinski definition) is 5. The third-order valence-corrected chi connectivity index (χ3v) is 3.56. The van der Waals surface area contributed by atoms with Crippen LogP contribution in [-0.2, 0) is 9.53 Å². The molecule has 6 nitrogen and oxygen atoms in total. The third-order valence-electron chi connectivity index (χ3n) is 3.32. The Morgan fingerprint density at radius 3 is 2.48 bits per heavy atom. The van der Waals surface area contributed by atoms with Crippen molar-refractivity contribution in [2.75, 3.05) is 12.4 Å². The Hall–Kier alpha value is -3.04. The number of nitrogens with one attached hydrogen (secondary N) is 1. The number of esters is 1. The van der Waals surface area contributed by atoms with Crippen LogP contribution >= 0.6 is 11.6 Å². The van der Waals surface area contributed by atoms with Crippen LogP contribution in [-0.4, -0.2) is 25.1 Å². The van der Waals surface area contributed by atoms with Crippen molar-refractivity contribution in [3.05, 3.63) is 58.6 Å². The molecule has 0 heterocycles. The van der Waals surface area contributed by atoms with E-state index in [0.29, 0.717) is 22.0 Å². The summed E-state index contributed by atoms with van der Waals surface area (Å²) < 4.78 is 10.3. The number of halogens is 1. The predicted molar refractivity (Wildman–Crippen MR) is 92.7 cm³/mol. The van der Waals surface area contributed by atoms with Gasteiger partial charge in [-0.05, 0) is 49.4 Å². The normalized spacial score (nSPS) is 11.1. The summed E-state index contributed by atoms with van der Waals surface area (Å²) >= 11 is 5.91. The zero-order chi connectivity index (χ0) is 18.4. The van der Waals surface area contributed by atoms with Gasteiger partial charge in [-0.1, -0.05) is 11.6 Å². The Morgan fingerprint density at radius 2 is 1.88 bits per heavy atom. The Kier molecular flexibility index (Phi) is 5.98. The molecule has 0 aliphatic carbocycles. The first kappa shape index (κ1) is 18.3. The van der Waals surface area contributed by atoms with Crippen LogP contribution in [0.5, 0.6) is 5.75 Å². The minimum atomic E-state index is -1.04. The Labute approximate surface area is 149 Å². The number of carbonyl (C=O) groups is 2. The lowest BCUT2D eigenvalue weighted by molar-refractivity contribution is -0.123. The lowest BCUT2D eigenvalue weighted by Crippen LogP contribution is -2.30. The Morgan fingerprint density at radius 1 is 1.20 bits per heavy atom. The van der Waals surface area contributed by atoms with Gasteiger partial charge in [-0.2, -0.15) is 5.26 Å². The maximum absolute atomic E-state index is 12.2. The Balaban J connectivity index is 2.03. The maximum Gasteiger partial charge on any atom is 0.338 e. The van der Waals surface area contributed by atoms with Crippen LogP contribution in [0, 0.1) is 11.3 Å². The van der Waals surface area contributed by atoms with Gasteiger partial charge in [0.25, 0.3) is 5.91 Å². The van der Waals surface area contributed by atoms with Crippen molar-refractivity contribution in [1.82, 2.24) is 0 Å². The van der Waals surface area contributed by atoms with Crippen LogP contribution in [0.1, 0.15) is 22.8 Å². The average molecular weight is 359 g/mol.